The second-order valence-corrected chi connectivity index (χ2v) is 12.9. The van der Waals surface area contributed by atoms with Gasteiger partial charge in [-0.3, -0.25) is 0 Å². The minimum absolute atomic E-state index is 0.0612. The summed E-state index contributed by atoms with van der Waals surface area (Å²) in [6, 6.07) is 0. The third-order valence-corrected chi connectivity index (χ3v) is 11.3. The Morgan fingerprint density at radius 2 is 1.55 bits per heavy atom. The number of alkyl halides is 2. The molecular weight excluding hydrogens is 302 g/mol. The Bertz CT molecular complexity index is 408. The van der Waals surface area contributed by atoms with E-state index in [0.717, 1.165) is 0 Å². The fourth-order valence-corrected chi connectivity index (χ4v) is 8.98. The first-order chi connectivity index (χ1) is 9.99. The molecule has 1 heterocycles. The van der Waals surface area contributed by atoms with Crippen LogP contribution in [0.1, 0.15) is 60.8 Å². The van der Waals surface area contributed by atoms with E-state index >= 15 is 0 Å². The van der Waals surface area contributed by atoms with E-state index in [1.807, 2.05) is 0 Å². The molecule has 0 aromatic carbocycles. The predicted molar refractivity (Wildman–Crippen MR) is 88.5 cm³/mol. The van der Waals surface area contributed by atoms with Gasteiger partial charge in [0.25, 0.3) is 0 Å². The van der Waals surface area contributed by atoms with E-state index < -0.39 is 19.8 Å². The zero-order chi connectivity index (χ0) is 17.2. The first kappa shape index (κ1) is 19.6. The Balaban J connectivity index is 3.21. The van der Waals surface area contributed by atoms with E-state index in [1.165, 1.54) is 0 Å². The summed E-state index contributed by atoms with van der Waals surface area (Å²) in [5, 5.41) is 10.2. The molecule has 0 radical (unpaired) electrons. The molecule has 1 rings (SSSR count). The average molecular weight is 333 g/mol. The average Bonchev–Trinajstić information content (AvgIpc) is 2.38. The van der Waals surface area contributed by atoms with Crippen LogP contribution >= 0.6 is 0 Å². The molecule has 1 aliphatic rings. The van der Waals surface area contributed by atoms with Crippen LogP contribution in [0.15, 0.2) is 0 Å². The van der Waals surface area contributed by atoms with E-state index in [4.69, 9.17) is 4.74 Å². The van der Waals surface area contributed by atoms with Crippen LogP contribution in [0.4, 0.5) is 8.78 Å². The highest BCUT2D eigenvalue weighted by Crippen LogP contribution is 2.42. The summed E-state index contributed by atoms with van der Waals surface area (Å²) in [4.78, 5) is 0. The monoisotopic (exact) mass is 332 g/mol. The van der Waals surface area contributed by atoms with Gasteiger partial charge >= 0.3 is 5.92 Å². The fraction of sp³-hybridized carbons (Fsp3) is 0.882. The molecule has 0 aromatic heterocycles. The smallest absolute Gasteiger partial charge is 0.360 e. The Kier molecular flexibility index (Phi) is 6.22. The van der Waals surface area contributed by atoms with Gasteiger partial charge in [0.05, 0.1) is 6.61 Å². The minimum Gasteiger partial charge on any atom is -0.360 e. The SMILES string of the molecule is CC(C)[Si](C#CC(F)(F)C1(O)CCCCO1)(C(C)C)C(C)C. The maximum Gasteiger partial charge on any atom is 0.360 e. The van der Waals surface area contributed by atoms with Crippen molar-refractivity contribution in [3.63, 3.8) is 0 Å². The van der Waals surface area contributed by atoms with Gasteiger partial charge in [-0.15, -0.1) is 5.54 Å². The predicted octanol–water partition coefficient (Wildman–Crippen LogP) is 4.73. The first-order valence-electron chi connectivity index (χ1n) is 8.28. The summed E-state index contributed by atoms with van der Waals surface area (Å²) < 4.78 is 34.0. The molecule has 1 atom stereocenters. The van der Waals surface area contributed by atoms with Crippen LogP contribution in [-0.2, 0) is 4.74 Å². The molecule has 5 heteroatoms. The number of ether oxygens (including phenoxy) is 1. The molecule has 0 amide bonds. The lowest BCUT2D eigenvalue weighted by Gasteiger charge is -2.39. The van der Waals surface area contributed by atoms with Crippen LogP contribution in [0, 0.1) is 11.5 Å². The van der Waals surface area contributed by atoms with Crippen LogP contribution < -0.4 is 0 Å². The molecule has 2 nitrogen and oxygen atoms in total. The molecule has 22 heavy (non-hydrogen) atoms. The van der Waals surface area contributed by atoms with Gasteiger partial charge < -0.3 is 9.84 Å². The summed E-state index contributed by atoms with van der Waals surface area (Å²) in [6.45, 7) is 12.6. The highest BCUT2D eigenvalue weighted by Gasteiger charge is 2.54. The molecule has 1 aliphatic heterocycles. The van der Waals surface area contributed by atoms with Crippen molar-refractivity contribution in [2.24, 2.45) is 0 Å². The Labute approximate surface area is 134 Å². The summed E-state index contributed by atoms with van der Waals surface area (Å²) in [5.74, 6) is -3.79. The lowest BCUT2D eigenvalue weighted by Crippen LogP contribution is -2.52. The van der Waals surface area contributed by atoms with Gasteiger partial charge in [-0.25, -0.2) is 0 Å². The zero-order valence-electron chi connectivity index (χ0n) is 14.7. The number of halogens is 2. The standard InChI is InChI=1S/C17H30F2O2Si/c1-13(2)22(14(3)4,15(5)6)12-10-16(18,19)17(20)9-7-8-11-21-17/h13-15,20H,7-9,11H2,1-6H3. The van der Waals surface area contributed by atoms with Gasteiger partial charge in [0.15, 0.2) is 0 Å². The lowest BCUT2D eigenvalue weighted by molar-refractivity contribution is -0.310. The quantitative estimate of drug-likeness (QED) is 0.595. The lowest BCUT2D eigenvalue weighted by atomic mass is 10.00. The van der Waals surface area contributed by atoms with Crippen molar-refractivity contribution < 1.29 is 18.6 Å². The van der Waals surface area contributed by atoms with Gasteiger partial charge in [-0.05, 0) is 35.4 Å². The van der Waals surface area contributed by atoms with Gasteiger partial charge in [0.2, 0.25) is 5.79 Å². The highest BCUT2D eigenvalue weighted by atomic mass is 28.3. The van der Waals surface area contributed by atoms with Gasteiger partial charge in [-0.1, -0.05) is 41.5 Å². The number of rotatable bonds is 4. The van der Waals surface area contributed by atoms with Crippen molar-refractivity contribution in [3.8, 4) is 11.5 Å². The second-order valence-electron chi connectivity index (χ2n) is 7.31. The van der Waals surface area contributed by atoms with Crippen LogP contribution in [-0.4, -0.2) is 31.5 Å². The maximum atomic E-state index is 14.5. The molecule has 1 saturated heterocycles. The molecule has 0 saturated carbocycles. The molecule has 0 aromatic rings. The number of aliphatic hydroxyl groups is 1. The molecule has 1 fully saturated rings. The third-order valence-electron chi connectivity index (χ3n) is 5.04. The normalized spacial score (nSPS) is 23.8. The van der Waals surface area contributed by atoms with E-state index in [1.54, 1.807) is 0 Å². The minimum atomic E-state index is -3.52. The molecule has 1 N–H and O–H groups in total. The highest BCUT2D eigenvalue weighted by molar-refractivity contribution is 6.90. The Morgan fingerprint density at radius 1 is 1.05 bits per heavy atom. The molecule has 0 spiro atoms. The van der Waals surface area contributed by atoms with E-state index in [-0.39, 0.29) is 29.7 Å². The topological polar surface area (TPSA) is 29.5 Å². The summed E-state index contributed by atoms with van der Waals surface area (Å²) in [7, 11) is -2.24. The van der Waals surface area contributed by atoms with Crippen molar-refractivity contribution in [1.82, 2.24) is 0 Å². The largest absolute Gasteiger partial charge is 0.360 e. The van der Waals surface area contributed by atoms with Crippen LogP contribution in [0.25, 0.3) is 0 Å². The van der Waals surface area contributed by atoms with E-state index in [2.05, 4.69) is 53.0 Å². The van der Waals surface area contributed by atoms with Crippen molar-refractivity contribution in [2.75, 3.05) is 6.61 Å². The summed E-state index contributed by atoms with van der Waals surface area (Å²) in [5.41, 5.74) is 3.82. The maximum absolute atomic E-state index is 14.5. The van der Waals surface area contributed by atoms with Crippen molar-refractivity contribution in [1.29, 1.82) is 0 Å². The second kappa shape index (κ2) is 6.98. The van der Waals surface area contributed by atoms with Gasteiger partial charge in [0.1, 0.15) is 8.07 Å². The Hall–Kier alpha value is -0.443. The molecule has 1 unspecified atom stereocenters. The summed E-state index contributed by atoms with van der Waals surface area (Å²) >= 11 is 0. The van der Waals surface area contributed by atoms with E-state index in [0.29, 0.717) is 12.8 Å². The zero-order valence-corrected chi connectivity index (χ0v) is 15.7. The molecule has 0 aliphatic carbocycles. The van der Waals surface area contributed by atoms with Crippen molar-refractivity contribution >= 4 is 8.07 Å². The number of hydrogen-bond donors (Lipinski definition) is 1. The van der Waals surface area contributed by atoms with Crippen LogP contribution in [0.3, 0.4) is 0 Å². The van der Waals surface area contributed by atoms with Crippen LogP contribution in [0.2, 0.25) is 16.6 Å². The fourth-order valence-electron chi connectivity index (χ4n) is 3.74. The molecular formula is C17H30F2O2Si. The summed E-state index contributed by atoms with van der Waals surface area (Å²) in [6.07, 6.45) is 1.18. The molecule has 0 bridgehead atoms. The van der Waals surface area contributed by atoms with Crippen molar-refractivity contribution in [2.45, 2.75) is 89.1 Å². The van der Waals surface area contributed by atoms with Gasteiger partial charge in [-0.2, -0.15) is 8.78 Å². The Morgan fingerprint density at radius 3 is 1.91 bits per heavy atom. The molecule has 128 valence electrons. The van der Waals surface area contributed by atoms with E-state index in [9.17, 15) is 13.9 Å². The number of hydrogen-bond acceptors (Lipinski definition) is 2. The third kappa shape index (κ3) is 3.55. The van der Waals surface area contributed by atoms with Crippen LogP contribution in [0.5, 0.6) is 0 Å². The van der Waals surface area contributed by atoms with Crippen molar-refractivity contribution in [3.05, 3.63) is 0 Å². The first-order valence-corrected chi connectivity index (χ1v) is 10.5. The van der Waals surface area contributed by atoms with Gasteiger partial charge in [0, 0.05) is 6.42 Å².